The van der Waals surface area contributed by atoms with Crippen molar-refractivity contribution in [2.45, 2.75) is 45.5 Å². The molecule has 0 radical (unpaired) electrons. The van der Waals surface area contributed by atoms with E-state index in [9.17, 15) is 4.79 Å². The Hall–Kier alpha value is -1.53. The van der Waals surface area contributed by atoms with Crippen LogP contribution in [0.25, 0.3) is 0 Å². The molecule has 1 aromatic rings. The van der Waals surface area contributed by atoms with Crippen LogP contribution in [0.2, 0.25) is 0 Å². The Kier molecular flexibility index (Phi) is 3.80. The van der Waals surface area contributed by atoms with Crippen molar-refractivity contribution < 1.29 is 23.9 Å². The van der Waals surface area contributed by atoms with E-state index in [2.05, 4.69) is 4.74 Å². The standard InChI is InChI=1S/C14H19BO5/c1-13(2)14(3,4)20-15(19-13)11-7-5-10(6-8-11)9-18-12(16)17/h5-8H,9H2,1-4H3,(H,16,17). The van der Waals surface area contributed by atoms with Crippen LogP contribution in [0.15, 0.2) is 24.3 Å². The molecule has 0 bridgehead atoms. The van der Waals surface area contributed by atoms with E-state index in [0.717, 1.165) is 11.0 Å². The van der Waals surface area contributed by atoms with Gasteiger partial charge in [0.15, 0.2) is 0 Å². The summed E-state index contributed by atoms with van der Waals surface area (Å²) in [6, 6.07) is 7.35. The van der Waals surface area contributed by atoms with Crippen molar-refractivity contribution in [3.8, 4) is 0 Å². The Morgan fingerprint density at radius 1 is 1.15 bits per heavy atom. The SMILES string of the molecule is CC1(C)OB(c2ccc(COC(=O)O)cc2)OC1(C)C. The van der Waals surface area contributed by atoms with E-state index < -0.39 is 13.3 Å². The zero-order valence-electron chi connectivity index (χ0n) is 12.2. The minimum atomic E-state index is -1.28. The van der Waals surface area contributed by atoms with Gasteiger partial charge in [-0.15, -0.1) is 0 Å². The second kappa shape index (κ2) is 5.11. The summed E-state index contributed by atoms with van der Waals surface area (Å²) < 4.78 is 16.4. The summed E-state index contributed by atoms with van der Waals surface area (Å²) in [7, 11) is -0.408. The molecule has 0 atom stereocenters. The molecule has 5 nitrogen and oxygen atoms in total. The maximum Gasteiger partial charge on any atom is 0.506 e. The lowest BCUT2D eigenvalue weighted by molar-refractivity contribution is 0.00578. The molecule has 0 unspecified atom stereocenters. The molecule has 1 aromatic carbocycles. The van der Waals surface area contributed by atoms with E-state index in [1.54, 1.807) is 0 Å². The van der Waals surface area contributed by atoms with E-state index in [-0.39, 0.29) is 17.8 Å². The summed E-state index contributed by atoms with van der Waals surface area (Å²) in [6.07, 6.45) is -1.28. The van der Waals surface area contributed by atoms with Crippen molar-refractivity contribution in [2.24, 2.45) is 0 Å². The largest absolute Gasteiger partial charge is 0.506 e. The third kappa shape index (κ3) is 2.97. The molecule has 1 aliphatic rings. The lowest BCUT2D eigenvalue weighted by Crippen LogP contribution is -2.41. The fourth-order valence-electron chi connectivity index (χ4n) is 1.90. The molecule has 108 valence electrons. The molecule has 1 saturated heterocycles. The average molecular weight is 278 g/mol. The van der Waals surface area contributed by atoms with Crippen molar-refractivity contribution in [1.82, 2.24) is 0 Å². The molecule has 0 amide bonds. The molecular weight excluding hydrogens is 259 g/mol. The summed E-state index contributed by atoms with van der Waals surface area (Å²) in [6.45, 7) is 8.05. The summed E-state index contributed by atoms with van der Waals surface area (Å²) in [5.74, 6) is 0. The molecule has 1 aliphatic heterocycles. The van der Waals surface area contributed by atoms with Crippen molar-refractivity contribution in [3.63, 3.8) is 0 Å². The Morgan fingerprint density at radius 2 is 1.65 bits per heavy atom. The van der Waals surface area contributed by atoms with Crippen molar-refractivity contribution in [1.29, 1.82) is 0 Å². The minimum Gasteiger partial charge on any atom is -0.450 e. The van der Waals surface area contributed by atoms with Crippen LogP contribution in [-0.4, -0.2) is 29.6 Å². The third-order valence-corrected chi connectivity index (χ3v) is 3.87. The van der Waals surface area contributed by atoms with Crippen molar-refractivity contribution in [3.05, 3.63) is 29.8 Å². The number of hydrogen-bond acceptors (Lipinski definition) is 4. The molecule has 0 spiro atoms. The van der Waals surface area contributed by atoms with E-state index in [1.165, 1.54) is 0 Å². The Bertz CT molecular complexity index is 479. The average Bonchev–Trinajstić information content (AvgIpc) is 2.56. The van der Waals surface area contributed by atoms with Gasteiger partial charge in [0.2, 0.25) is 0 Å². The predicted octanol–water partition coefficient (Wildman–Crippen LogP) is 2.18. The molecule has 0 aromatic heterocycles. The first-order chi connectivity index (χ1) is 9.21. The first kappa shape index (κ1) is 14.9. The van der Waals surface area contributed by atoms with Gasteiger partial charge >= 0.3 is 13.3 Å². The molecule has 2 rings (SSSR count). The molecule has 20 heavy (non-hydrogen) atoms. The number of carbonyl (C=O) groups is 1. The molecule has 6 heteroatoms. The zero-order chi connectivity index (χ0) is 15.0. The van der Waals surface area contributed by atoms with Crippen molar-refractivity contribution in [2.75, 3.05) is 0 Å². The highest BCUT2D eigenvalue weighted by Crippen LogP contribution is 2.36. The summed E-state index contributed by atoms with van der Waals surface area (Å²) in [4.78, 5) is 10.3. The zero-order valence-corrected chi connectivity index (χ0v) is 12.2. The Balaban J connectivity index is 2.06. The highest BCUT2D eigenvalue weighted by atomic mass is 16.7. The van der Waals surface area contributed by atoms with Crippen molar-refractivity contribution >= 4 is 18.7 Å². The van der Waals surface area contributed by atoms with Crippen LogP contribution < -0.4 is 5.46 Å². The quantitative estimate of drug-likeness (QED) is 0.678. The van der Waals surface area contributed by atoms with Gasteiger partial charge in [-0.3, -0.25) is 0 Å². The first-order valence-electron chi connectivity index (χ1n) is 6.51. The minimum absolute atomic E-state index is 0.0407. The number of carboxylic acid groups (broad SMARTS) is 1. The van der Waals surface area contributed by atoms with Crippen LogP contribution in [0.5, 0.6) is 0 Å². The lowest BCUT2D eigenvalue weighted by atomic mass is 9.79. The van der Waals surface area contributed by atoms with Gasteiger partial charge in [-0.25, -0.2) is 4.79 Å². The second-order valence-corrected chi connectivity index (χ2v) is 5.88. The molecular formula is C14H19BO5. The van der Waals surface area contributed by atoms with Crippen LogP contribution in [0.3, 0.4) is 0 Å². The van der Waals surface area contributed by atoms with Crippen LogP contribution in [0, 0.1) is 0 Å². The Morgan fingerprint density at radius 3 is 2.10 bits per heavy atom. The van der Waals surface area contributed by atoms with Gasteiger partial charge in [0.05, 0.1) is 11.2 Å². The summed E-state index contributed by atoms with van der Waals surface area (Å²) in [5.41, 5.74) is 0.946. The highest BCUT2D eigenvalue weighted by Gasteiger charge is 2.51. The number of benzene rings is 1. The van der Waals surface area contributed by atoms with Gasteiger partial charge in [0.25, 0.3) is 0 Å². The third-order valence-electron chi connectivity index (χ3n) is 3.87. The van der Waals surface area contributed by atoms with Crippen LogP contribution in [0.1, 0.15) is 33.3 Å². The van der Waals surface area contributed by atoms with Crippen LogP contribution in [0.4, 0.5) is 4.79 Å². The number of hydrogen-bond donors (Lipinski definition) is 1. The van der Waals surface area contributed by atoms with Gasteiger partial charge in [0.1, 0.15) is 6.61 Å². The first-order valence-corrected chi connectivity index (χ1v) is 6.51. The van der Waals surface area contributed by atoms with Gasteiger partial charge in [-0.2, -0.15) is 0 Å². The van der Waals surface area contributed by atoms with Gasteiger partial charge in [-0.05, 0) is 38.7 Å². The molecule has 1 heterocycles. The summed E-state index contributed by atoms with van der Waals surface area (Å²) in [5, 5.41) is 8.46. The summed E-state index contributed by atoms with van der Waals surface area (Å²) >= 11 is 0. The fraction of sp³-hybridized carbons (Fsp3) is 0.500. The smallest absolute Gasteiger partial charge is 0.450 e. The number of rotatable bonds is 3. The van der Waals surface area contributed by atoms with E-state index in [4.69, 9.17) is 14.4 Å². The predicted molar refractivity (Wildman–Crippen MR) is 75.0 cm³/mol. The molecule has 0 saturated carbocycles. The fourth-order valence-corrected chi connectivity index (χ4v) is 1.90. The number of ether oxygens (including phenoxy) is 1. The molecule has 1 fully saturated rings. The van der Waals surface area contributed by atoms with Gasteiger partial charge in [-0.1, -0.05) is 24.3 Å². The highest BCUT2D eigenvalue weighted by molar-refractivity contribution is 6.62. The normalized spacial score (nSPS) is 19.9. The van der Waals surface area contributed by atoms with E-state index in [0.29, 0.717) is 0 Å². The maximum absolute atomic E-state index is 10.3. The Labute approximate surface area is 119 Å². The molecule has 1 N–H and O–H groups in total. The second-order valence-electron chi connectivity index (χ2n) is 5.88. The van der Waals surface area contributed by atoms with Gasteiger partial charge in [0, 0.05) is 0 Å². The van der Waals surface area contributed by atoms with Crippen LogP contribution >= 0.6 is 0 Å². The van der Waals surface area contributed by atoms with E-state index >= 15 is 0 Å². The maximum atomic E-state index is 10.3. The molecule has 0 aliphatic carbocycles. The van der Waals surface area contributed by atoms with Gasteiger partial charge < -0.3 is 19.2 Å². The topological polar surface area (TPSA) is 65.0 Å². The van der Waals surface area contributed by atoms with Crippen LogP contribution in [-0.2, 0) is 20.7 Å². The monoisotopic (exact) mass is 278 g/mol. The van der Waals surface area contributed by atoms with E-state index in [1.807, 2.05) is 52.0 Å². The lowest BCUT2D eigenvalue weighted by Gasteiger charge is -2.32.